The molecule has 0 amide bonds. The molecular formula is C14H23N3O2. The van der Waals surface area contributed by atoms with E-state index in [4.69, 9.17) is 5.11 Å². The summed E-state index contributed by atoms with van der Waals surface area (Å²) >= 11 is 0. The summed E-state index contributed by atoms with van der Waals surface area (Å²) in [5, 5.41) is 13.5. The molecule has 0 bridgehead atoms. The number of carbonyl (C=O) groups is 1. The fourth-order valence-electron chi connectivity index (χ4n) is 2.83. The lowest BCUT2D eigenvalue weighted by atomic mass is 9.96. The molecule has 0 saturated carbocycles. The molecule has 1 aromatic rings. The molecule has 1 saturated heterocycles. The number of nitrogens with zero attached hydrogens (tertiary/aromatic N) is 3. The number of aromatic nitrogens is 2. The van der Waals surface area contributed by atoms with Crippen molar-refractivity contribution in [2.75, 3.05) is 13.1 Å². The van der Waals surface area contributed by atoms with E-state index in [0.717, 1.165) is 44.7 Å². The molecule has 0 aromatic carbocycles. The maximum Gasteiger partial charge on any atom is 0.306 e. The smallest absolute Gasteiger partial charge is 0.306 e. The predicted molar refractivity (Wildman–Crippen MR) is 73.0 cm³/mol. The van der Waals surface area contributed by atoms with E-state index >= 15 is 0 Å². The van der Waals surface area contributed by atoms with Crippen LogP contribution in [0.4, 0.5) is 0 Å². The van der Waals surface area contributed by atoms with Crippen molar-refractivity contribution in [1.82, 2.24) is 14.7 Å². The van der Waals surface area contributed by atoms with Crippen molar-refractivity contribution in [3.8, 4) is 0 Å². The molecule has 1 aromatic heterocycles. The summed E-state index contributed by atoms with van der Waals surface area (Å²) in [6.45, 7) is 9.79. The first-order valence-electron chi connectivity index (χ1n) is 7.01. The zero-order valence-corrected chi connectivity index (χ0v) is 12.0. The largest absolute Gasteiger partial charge is 0.481 e. The molecule has 2 rings (SSSR count). The zero-order chi connectivity index (χ0) is 14.0. The van der Waals surface area contributed by atoms with Gasteiger partial charge >= 0.3 is 5.97 Å². The van der Waals surface area contributed by atoms with Crippen molar-refractivity contribution >= 4 is 5.97 Å². The molecule has 2 heterocycles. The topological polar surface area (TPSA) is 58.4 Å². The zero-order valence-electron chi connectivity index (χ0n) is 12.0. The van der Waals surface area contributed by atoms with E-state index in [0.29, 0.717) is 0 Å². The van der Waals surface area contributed by atoms with Gasteiger partial charge in [-0.15, -0.1) is 0 Å². The number of carboxylic acids is 1. The quantitative estimate of drug-likeness (QED) is 0.902. The number of hydrogen-bond acceptors (Lipinski definition) is 3. The fourth-order valence-corrected chi connectivity index (χ4v) is 2.83. The lowest BCUT2D eigenvalue weighted by Crippen LogP contribution is -2.36. The Morgan fingerprint density at radius 1 is 1.37 bits per heavy atom. The van der Waals surface area contributed by atoms with Gasteiger partial charge in [-0.2, -0.15) is 5.10 Å². The molecule has 5 nitrogen and oxygen atoms in total. The number of likely N-dealkylation sites (tertiary alicyclic amines) is 1. The van der Waals surface area contributed by atoms with Gasteiger partial charge in [0.2, 0.25) is 0 Å². The minimum Gasteiger partial charge on any atom is -0.481 e. The Balaban J connectivity index is 1.99. The van der Waals surface area contributed by atoms with Crippen molar-refractivity contribution in [2.45, 2.75) is 46.7 Å². The monoisotopic (exact) mass is 265 g/mol. The van der Waals surface area contributed by atoms with Gasteiger partial charge in [0.15, 0.2) is 0 Å². The van der Waals surface area contributed by atoms with Crippen molar-refractivity contribution in [2.24, 2.45) is 5.92 Å². The highest BCUT2D eigenvalue weighted by Gasteiger charge is 2.25. The van der Waals surface area contributed by atoms with Crippen molar-refractivity contribution in [1.29, 1.82) is 0 Å². The molecule has 1 N–H and O–H groups in total. The van der Waals surface area contributed by atoms with Crippen LogP contribution in [-0.4, -0.2) is 38.8 Å². The summed E-state index contributed by atoms with van der Waals surface area (Å²) in [6.07, 6.45) is 1.52. The van der Waals surface area contributed by atoms with Crippen LogP contribution in [0.1, 0.15) is 36.7 Å². The maximum atomic E-state index is 10.9. The molecule has 0 atom stereocenters. The Morgan fingerprint density at radius 2 is 2.00 bits per heavy atom. The second-order valence-electron chi connectivity index (χ2n) is 5.35. The molecular weight excluding hydrogens is 242 g/mol. The Morgan fingerprint density at radius 3 is 2.47 bits per heavy atom. The van der Waals surface area contributed by atoms with Crippen LogP contribution in [0.2, 0.25) is 0 Å². The van der Waals surface area contributed by atoms with Gasteiger partial charge in [0.25, 0.3) is 0 Å². The van der Waals surface area contributed by atoms with Crippen molar-refractivity contribution < 1.29 is 9.90 Å². The van der Waals surface area contributed by atoms with Crippen LogP contribution in [0, 0.1) is 19.8 Å². The molecule has 1 aliphatic heterocycles. The number of aliphatic carboxylic acids is 1. The van der Waals surface area contributed by atoms with Gasteiger partial charge in [-0.05, 0) is 46.7 Å². The molecule has 5 heteroatoms. The molecule has 0 unspecified atom stereocenters. The van der Waals surface area contributed by atoms with Crippen LogP contribution in [0.5, 0.6) is 0 Å². The third-order valence-corrected chi connectivity index (χ3v) is 4.15. The van der Waals surface area contributed by atoms with Gasteiger partial charge in [-0.1, -0.05) is 0 Å². The number of rotatable bonds is 4. The van der Waals surface area contributed by atoms with Gasteiger partial charge in [0.1, 0.15) is 0 Å². The molecule has 0 spiro atoms. The SMILES string of the molecule is CCn1nc(C)c(CN2CCC(C(=O)O)CC2)c1C. The highest BCUT2D eigenvalue weighted by Crippen LogP contribution is 2.21. The minimum absolute atomic E-state index is 0.156. The van der Waals surface area contributed by atoms with E-state index in [1.54, 1.807) is 0 Å². The third-order valence-electron chi connectivity index (χ3n) is 4.15. The van der Waals surface area contributed by atoms with Gasteiger partial charge in [-0.25, -0.2) is 0 Å². The average Bonchev–Trinajstić information content (AvgIpc) is 2.67. The van der Waals surface area contributed by atoms with E-state index < -0.39 is 5.97 Å². The first kappa shape index (κ1) is 14.1. The average molecular weight is 265 g/mol. The number of carboxylic acid groups (broad SMARTS) is 1. The lowest BCUT2D eigenvalue weighted by molar-refractivity contribution is -0.143. The summed E-state index contributed by atoms with van der Waals surface area (Å²) in [6, 6.07) is 0. The summed E-state index contributed by atoms with van der Waals surface area (Å²) < 4.78 is 2.04. The summed E-state index contributed by atoms with van der Waals surface area (Å²) in [4.78, 5) is 13.3. The molecule has 1 fully saturated rings. The maximum absolute atomic E-state index is 10.9. The molecule has 19 heavy (non-hydrogen) atoms. The number of aryl methyl sites for hydroxylation is 2. The Labute approximate surface area is 114 Å². The lowest BCUT2D eigenvalue weighted by Gasteiger charge is -2.30. The first-order chi connectivity index (χ1) is 9.02. The van der Waals surface area contributed by atoms with E-state index in [1.165, 1.54) is 11.3 Å². The van der Waals surface area contributed by atoms with Crippen LogP contribution in [-0.2, 0) is 17.9 Å². The van der Waals surface area contributed by atoms with Crippen LogP contribution in [0.3, 0.4) is 0 Å². The van der Waals surface area contributed by atoms with Crippen LogP contribution >= 0.6 is 0 Å². The van der Waals surface area contributed by atoms with E-state index in [2.05, 4.69) is 30.8 Å². The minimum atomic E-state index is -0.647. The molecule has 106 valence electrons. The Kier molecular flexibility index (Phi) is 4.24. The highest BCUT2D eigenvalue weighted by atomic mass is 16.4. The van der Waals surface area contributed by atoms with E-state index in [1.807, 2.05) is 4.68 Å². The van der Waals surface area contributed by atoms with Crippen LogP contribution in [0.15, 0.2) is 0 Å². The van der Waals surface area contributed by atoms with E-state index in [-0.39, 0.29) is 5.92 Å². The Bertz CT molecular complexity index is 460. The molecule has 0 aliphatic carbocycles. The van der Waals surface area contributed by atoms with Gasteiger partial charge in [0, 0.05) is 24.3 Å². The third kappa shape index (κ3) is 2.97. The number of hydrogen-bond donors (Lipinski definition) is 1. The van der Waals surface area contributed by atoms with E-state index in [9.17, 15) is 4.79 Å². The first-order valence-corrected chi connectivity index (χ1v) is 7.01. The van der Waals surface area contributed by atoms with Gasteiger partial charge < -0.3 is 5.11 Å². The van der Waals surface area contributed by atoms with Gasteiger partial charge in [-0.3, -0.25) is 14.4 Å². The molecule has 0 radical (unpaired) electrons. The van der Waals surface area contributed by atoms with Crippen molar-refractivity contribution in [3.63, 3.8) is 0 Å². The van der Waals surface area contributed by atoms with Crippen LogP contribution in [0.25, 0.3) is 0 Å². The molecule has 1 aliphatic rings. The Hall–Kier alpha value is -1.36. The highest BCUT2D eigenvalue weighted by molar-refractivity contribution is 5.70. The van der Waals surface area contributed by atoms with Gasteiger partial charge in [0.05, 0.1) is 11.6 Å². The normalized spacial score (nSPS) is 17.8. The standard InChI is InChI=1S/C14H23N3O2/c1-4-17-11(3)13(10(2)15-17)9-16-7-5-12(6-8-16)14(18)19/h12H,4-9H2,1-3H3,(H,18,19). The summed E-state index contributed by atoms with van der Waals surface area (Å²) in [5.41, 5.74) is 3.63. The summed E-state index contributed by atoms with van der Waals surface area (Å²) in [5.74, 6) is -0.803. The second-order valence-corrected chi connectivity index (χ2v) is 5.35. The predicted octanol–water partition coefficient (Wildman–Crippen LogP) is 1.82. The fraction of sp³-hybridized carbons (Fsp3) is 0.714. The number of piperidine rings is 1. The van der Waals surface area contributed by atoms with Crippen molar-refractivity contribution in [3.05, 3.63) is 17.0 Å². The van der Waals surface area contributed by atoms with Crippen LogP contribution < -0.4 is 0 Å². The summed E-state index contributed by atoms with van der Waals surface area (Å²) in [7, 11) is 0. The second kappa shape index (κ2) is 5.74.